The first-order valence-electron chi connectivity index (χ1n) is 9.04. The van der Waals surface area contributed by atoms with Crippen LogP contribution in [0.2, 0.25) is 0 Å². The topological polar surface area (TPSA) is 472 Å². The molecule has 262 valence electrons. The first-order valence-corrected chi connectivity index (χ1v) is 12.0. The van der Waals surface area contributed by atoms with E-state index >= 15 is 0 Å². The van der Waals surface area contributed by atoms with Crippen molar-refractivity contribution >= 4 is 15.6 Å². The van der Waals surface area contributed by atoms with E-state index in [0.29, 0.717) is 0 Å². The predicted molar refractivity (Wildman–Crippen MR) is 145 cm³/mol. The first kappa shape index (κ1) is 68.6. The normalized spacial score (nSPS) is 8.09. The second-order valence-corrected chi connectivity index (χ2v) is 8.28. The molecule has 44 heavy (non-hydrogen) atoms. The third-order valence-electron chi connectivity index (χ3n) is 3.38. The van der Waals surface area contributed by atoms with Gasteiger partial charge in [0, 0.05) is 24.8 Å². The Balaban J connectivity index is -0.0000000442. The minimum absolute atomic E-state index is 0. The molecule has 0 saturated heterocycles. The minimum Gasteiger partial charge on any atom is -0.790 e. The molecule has 0 aliphatic carbocycles. The minimum atomic E-state index is -5.68. The molecule has 4 rings (SSSR count). The summed E-state index contributed by atoms with van der Waals surface area (Å²) in [6.45, 7) is 0. The molecule has 0 fully saturated rings. The van der Waals surface area contributed by atoms with Crippen LogP contribution in [-0.2, 0) is 53.1 Å². The van der Waals surface area contributed by atoms with Crippen molar-refractivity contribution in [2.45, 2.75) is 0 Å². The van der Waals surface area contributed by atoms with Gasteiger partial charge in [-0.15, -0.1) is 0 Å². The summed E-state index contributed by atoms with van der Waals surface area (Å²) in [5.41, 5.74) is 3.66. The van der Waals surface area contributed by atoms with Crippen LogP contribution < -0.4 is 19.6 Å². The van der Waals surface area contributed by atoms with E-state index in [9.17, 15) is 28.7 Å². The molecule has 4 heterocycles. The number of phosphoric acid groups is 2. The molecule has 0 bridgehead atoms. The van der Waals surface area contributed by atoms with E-state index in [1.807, 2.05) is 72.8 Å². The van der Waals surface area contributed by atoms with Crippen molar-refractivity contribution in [3.8, 4) is 22.8 Å². The first-order chi connectivity index (χ1) is 15.6. The summed E-state index contributed by atoms with van der Waals surface area (Å²) >= 11 is 0. The number of hydrogen-bond donors (Lipinski definition) is 0. The molecular formula is C20H35Cu2N4O16P2+. The summed E-state index contributed by atoms with van der Waals surface area (Å²) < 4.78 is 21.2. The number of nitrogens with zero attached hydrogens (tertiary/aromatic N) is 4. The van der Waals surface area contributed by atoms with Crippen molar-refractivity contribution in [1.82, 2.24) is 19.9 Å². The van der Waals surface area contributed by atoms with Gasteiger partial charge in [-0.05, 0) is 48.5 Å². The van der Waals surface area contributed by atoms with Crippen molar-refractivity contribution in [3.63, 3.8) is 0 Å². The molecule has 0 aliphatic rings. The van der Waals surface area contributed by atoms with E-state index < -0.39 is 15.6 Å². The van der Waals surface area contributed by atoms with Gasteiger partial charge in [-0.2, -0.15) is 0 Å². The second kappa shape index (κ2) is 35.0. The van der Waals surface area contributed by atoms with E-state index in [4.69, 9.17) is 0 Å². The van der Waals surface area contributed by atoms with E-state index in [1.54, 1.807) is 24.8 Å². The van der Waals surface area contributed by atoms with Crippen molar-refractivity contribution in [2.75, 3.05) is 0 Å². The molecule has 0 atom stereocenters. The van der Waals surface area contributed by atoms with Gasteiger partial charge in [0.25, 0.3) is 0 Å². The molecule has 0 saturated carbocycles. The van der Waals surface area contributed by atoms with E-state index in [1.165, 1.54) is 0 Å². The zero-order chi connectivity index (χ0) is 24.2. The Morgan fingerprint density at radius 2 is 0.614 bits per heavy atom. The van der Waals surface area contributed by atoms with Crippen LogP contribution in [0.4, 0.5) is 0 Å². The largest absolute Gasteiger partial charge is 2.00 e. The van der Waals surface area contributed by atoms with Gasteiger partial charge >= 0.3 is 34.1 Å². The Labute approximate surface area is 271 Å². The van der Waals surface area contributed by atoms with Gasteiger partial charge in [-0.3, -0.25) is 19.9 Å². The van der Waals surface area contributed by atoms with Gasteiger partial charge < -0.3 is 82.3 Å². The van der Waals surface area contributed by atoms with E-state index in [-0.39, 0.29) is 83.4 Å². The summed E-state index contributed by atoms with van der Waals surface area (Å²) in [4.78, 5) is 54.0. The molecule has 0 unspecified atom stereocenters. The molecule has 20 nitrogen and oxygen atoms in total. The van der Waals surface area contributed by atoms with Gasteiger partial charge in [-0.25, -0.2) is 0 Å². The number of aromatic nitrogens is 4. The SMILES string of the molecule is O.O.O.O.O.O.O.O.O=P([O-])([O-])OP(=O)([O-])[O-].[Cu+2].[Cu+2].[OH3+].c1ccc(-c2ccccn2)nc1.c1ccc(-c2ccccn2)nc1. The van der Waals surface area contributed by atoms with Gasteiger partial charge in [0.1, 0.15) is 0 Å². The van der Waals surface area contributed by atoms with Gasteiger partial charge in [0.15, 0.2) is 0 Å². The quantitative estimate of drug-likeness (QED) is 0.106. The summed E-state index contributed by atoms with van der Waals surface area (Å²) in [6.07, 6.45) is 7.07. The maximum absolute atomic E-state index is 9.32. The Morgan fingerprint density at radius 1 is 0.432 bits per heavy atom. The third-order valence-corrected chi connectivity index (χ3v) is 4.98. The Hall–Kier alpha value is -2.46. The maximum Gasteiger partial charge on any atom is 2.00 e. The van der Waals surface area contributed by atoms with Crippen molar-refractivity contribution in [3.05, 3.63) is 97.6 Å². The molecule has 4 aromatic heterocycles. The zero-order valence-electron chi connectivity index (χ0n) is 22.0. The molecule has 0 aromatic carbocycles. The maximum atomic E-state index is 9.32. The van der Waals surface area contributed by atoms with Crippen molar-refractivity contribution in [1.29, 1.82) is 0 Å². The zero-order valence-corrected chi connectivity index (χ0v) is 25.6. The van der Waals surface area contributed by atoms with Gasteiger partial charge in [-0.1, -0.05) is 24.3 Å². The Morgan fingerprint density at radius 3 is 0.705 bits per heavy atom. The fourth-order valence-electron chi connectivity index (χ4n) is 2.18. The third kappa shape index (κ3) is 31.0. The predicted octanol–water partition coefficient (Wildman–Crippen LogP) is -6.58. The fraction of sp³-hybridized carbons (Fsp3) is 0. The van der Waals surface area contributed by atoms with E-state index in [2.05, 4.69) is 24.2 Å². The van der Waals surface area contributed by atoms with Crippen LogP contribution in [-0.4, -0.2) is 63.7 Å². The molecule has 0 amide bonds. The molecule has 24 heteroatoms. The summed E-state index contributed by atoms with van der Waals surface area (Å²) in [5, 5.41) is 0. The molecule has 0 spiro atoms. The molecule has 2 radical (unpaired) electrons. The van der Waals surface area contributed by atoms with Crippen molar-refractivity contribution < 1.29 is 116 Å². The van der Waals surface area contributed by atoms with Crippen LogP contribution in [0, 0.1) is 0 Å². The summed E-state index contributed by atoms with van der Waals surface area (Å²) in [5.74, 6) is 0. The summed E-state index contributed by atoms with van der Waals surface area (Å²) in [6, 6.07) is 23.2. The average molecular weight is 777 g/mol. The van der Waals surface area contributed by atoms with Gasteiger partial charge in [0.05, 0.1) is 38.4 Å². The monoisotopic (exact) mass is 775 g/mol. The second-order valence-electron chi connectivity index (χ2n) is 5.84. The Kier molecular flexibility index (Phi) is 54.6. The van der Waals surface area contributed by atoms with Crippen LogP contribution in [0.3, 0.4) is 0 Å². The van der Waals surface area contributed by atoms with Gasteiger partial charge in [0.2, 0.25) is 0 Å². The number of hydrogen-bond acceptors (Lipinski definition) is 11. The fourth-order valence-corrected chi connectivity index (χ4v) is 3.16. The molecule has 19 N–H and O–H groups in total. The smallest absolute Gasteiger partial charge is 0.790 e. The molecular weight excluding hydrogens is 741 g/mol. The summed E-state index contributed by atoms with van der Waals surface area (Å²) in [7, 11) is -11.4. The number of rotatable bonds is 4. The Bertz CT molecular complexity index is 1030. The van der Waals surface area contributed by atoms with E-state index in [0.717, 1.165) is 22.8 Å². The van der Waals surface area contributed by atoms with Crippen LogP contribution in [0.15, 0.2) is 97.6 Å². The van der Waals surface area contributed by atoms with Crippen molar-refractivity contribution in [2.24, 2.45) is 0 Å². The van der Waals surface area contributed by atoms with Crippen LogP contribution in [0.5, 0.6) is 0 Å². The molecule has 4 aromatic rings. The average Bonchev–Trinajstić information content (AvgIpc) is 2.80. The van der Waals surface area contributed by atoms with Crippen LogP contribution in [0.1, 0.15) is 0 Å². The standard InChI is InChI=1S/2C10H8N2.2Cu.H4O7P2.9H2O/c2*1-3-7-11-9(5-1)10-6-2-4-8-12-10;;;1-8(2,3)7-9(4,5)6;;;;;;;;;/h2*1-8H;;;(H2,1,2,3)(H2,4,5,6);9*1H2/q;;2*+2;;;;;;;;;;/p-3. The number of pyridine rings is 4. The van der Waals surface area contributed by atoms with Crippen LogP contribution in [0.25, 0.3) is 22.8 Å². The molecule has 0 aliphatic heterocycles. The van der Waals surface area contributed by atoms with Crippen LogP contribution >= 0.6 is 15.6 Å².